The van der Waals surface area contributed by atoms with Gasteiger partial charge in [0.05, 0.1) is 0 Å². The number of benzene rings is 3. The van der Waals surface area contributed by atoms with Gasteiger partial charge in [-0.2, -0.15) is 0 Å². The van der Waals surface area contributed by atoms with Crippen molar-refractivity contribution < 1.29 is 0 Å². The maximum atomic E-state index is 2.42. The van der Waals surface area contributed by atoms with Crippen molar-refractivity contribution in [2.75, 3.05) is 0 Å². The maximum absolute atomic E-state index is 2.42. The summed E-state index contributed by atoms with van der Waals surface area (Å²) in [5.41, 5.74) is 13.9. The fraction of sp³-hybridized carbons (Fsp3) is 0.280. The standard InChI is InChI=1S/C25H26/c1-15-7-9-20-21-10-8-19(14-24(21)25(5,6)23(20)11-15)22-13-17(3)16(2)12-18(22)4/h7-14H,1-6H3. The molecule has 25 heavy (non-hydrogen) atoms. The van der Waals surface area contributed by atoms with Gasteiger partial charge in [-0.15, -0.1) is 0 Å². The summed E-state index contributed by atoms with van der Waals surface area (Å²) in [6.07, 6.45) is 0. The SMILES string of the molecule is Cc1ccc2c(c1)C(C)(C)c1cc(-c3cc(C)c(C)cc3C)ccc1-2. The molecule has 0 saturated carbocycles. The molecule has 0 radical (unpaired) electrons. The Bertz CT molecular complexity index is 1000. The number of rotatable bonds is 1. The maximum Gasteiger partial charge on any atom is 0.0159 e. The highest BCUT2D eigenvalue weighted by Gasteiger charge is 2.35. The van der Waals surface area contributed by atoms with E-state index in [2.05, 4.69) is 90.1 Å². The molecule has 1 aliphatic carbocycles. The molecule has 0 heterocycles. The van der Waals surface area contributed by atoms with Crippen LogP contribution in [0.2, 0.25) is 0 Å². The van der Waals surface area contributed by atoms with Gasteiger partial charge in [0, 0.05) is 5.41 Å². The molecule has 0 amide bonds. The van der Waals surface area contributed by atoms with Crippen molar-refractivity contribution in [3.05, 3.63) is 81.9 Å². The first-order valence-electron chi connectivity index (χ1n) is 9.13. The molecule has 3 aromatic rings. The highest BCUT2D eigenvalue weighted by molar-refractivity contribution is 5.84. The zero-order valence-corrected chi connectivity index (χ0v) is 16.1. The van der Waals surface area contributed by atoms with E-state index in [1.165, 1.54) is 55.6 Å². The van der Waals surface area contributed by atoms with Gasteiger partial charge in [-0.05, 0) is 83.8 Å². The molecule has 0 saturated heterocycles. The molecule has 0 heteroatoms. The molecule has 0 spiro atoms. The van der Waals surface area contributed by atoms with E-state index in [1.807, 2.05) is 0 Å². The van der Waals surface area contributed by atoms with Gasteiger partial charge in [0.25, 0.3) is 0 Å². The third kappa shape index (κ3) is 2.35. The summed E-state index contributed by atoms with van der Waals surface area (Å²) in [6, 6.07) is 18.6. The minimum Gasteiger partial charge on any atom is -0.0587 e. The van der Waals surface area contributed by atoms with Gasteiger partial charge in [-0.25, -0.2) is 0 Å². The van der Waals surface area contributed by atoms with E-state index in [0.717, 1.165) is 0 Å². The van der Waals surface area contributed by atoms with Crippen molar-refractivity contribution in [3.8, 4) is 22.3 Å². The van der Waals surface area contributed by atoms with Gasteiger partial charge in [-0.3, -0.25) is 0 Å². The van der Waals surface area contributed by atoms with Crippen LogP contribution in [0.5, 0.6) is 0 Å². The van der Waals surface area contributed by atoms with Crippen molar-refractivity contribution in [1.82, 2.24) is 0 Å². The molecule has 126 valence electrons. The number of hydrogen-bond acceptors (Lipinski definition) is 0. The lowest BCUT2D eigenvalue weighted by Gasteiger charge is -2.22. The van der Waals surface area contributed by atoms with Gasteiger partial charge < -0.3 is 0 Å². The minimum absolute atomic E-state index is 0.0559. The van der Waals surface area contributed by atoms with Crippen LogP contribution in [0.3, 0.4) is 0 Å². The van der Waals surface area contributed by atoms with Crippen LogP contribution in [0.1, 0.15) is 47.2 Å². The average molecular weight is 326 g/mol. The monoisotopic (exact) mass is 326 g/mol. The number of hydrogen-bond donors (Lipinski definition) is 0. The van der Waals surface area contributed by atoms with Crippen LogP contribution >= 0.6 is 0 Å². The van der Waals surface area contributed by atoms with Gasteiger partial charge in [0.1, 0.15) is 0 Å². The topological polar surface area (TPSA) is 0 Å². The summed E-state index contributed by atoms with van der Waals surface area (Å²) in [6.45, 7) is 13.5. The number of fused-ring (bicyclic) bond motifs is 3. The highest BCUT2D eigenvalue weighted by atomic mass is 14.4. The number of aryl methyl sites for hydroxylation is 4. The van der Waals surface area contributed by atoms with Crippen molar-refractivity contribution >= 4 is 0 Å². The van der Waals surface area contributed by atoms with Gasteiger partial charge in [0.2, 0.25) is 0 Å². The Morgan fingerprint density at radius 2 is 1.16 bits per heavy atom. The van der Waals surface area contributed by atoms with Crippen LogP contribution < -0.4 is 0 Å². The Labute approximate surface area is 151 Å². The molecule has 0 unspecified atom stereocenters. The largest absolute Gasteiger partial charge is 0.0587 e. The second kappa shape index (κ2) is 5.33. The third-order valence-corrected chi connectivity index (χ3v) is 5.98. The highest BCUT2D eigenvalue weighted by Crippen LogP contribution is 2.50. The summed E-state index contributed by atoms with van der Waals surface area (Å²) in [5.74, 6) is 0. The first-order valence-corrected chi connectivity index (χ1v) is 9.13. The zero-order chi connectivity index (χ0) is 17.9. The van der Waals surface area contributed by atoms with E-state index in [4.69, 9.17) is 0 Å². The molecule has 0 atom stereocenters. The Kier molecular flexibility index (Phi) is 3.44. The van der Waals surface area contributed by atoms with Crippen LogP contribution in [0.25, 0.3) is 22.3 Å². The predicted octanol–water partition coefficient (Wildman–Crippen LogP) is 6.89. The molecule has 3 aromatic carbocycles. The van der Waals surface area contributed by atoms with E-state index in [-0.39, 0.29) is 5.41 Å². The lowest BCUT2D eigenvalue weighted by Crippen LogP contribution is -2.15. The van der Waals surface area contributed by atoms with Crippen LogP contribution in [-0.4, -0.2) is 0 Å². The fourth-order valence-corrected chi connectivity index (χ4v) is 4.29. The van der Waals surface area contributed by atoms with Crippen LogP contribution in [0.4, 0.5) is 0 Å². The first kappa shape index (κ1) is 16.1. The van der Waals surface area contributed by atoms with Gasteiger partial charge >= 0.3 is 0 Å². The average Bonchev–Trinajstić information content (AvgIpc) is 2.78. The lowest BCUT2D eigenvalue weighted by molar-refractivity contribution is 0.660. The van der Waals surface area contributed by atoms with Crippen LogP contribution in [-0.2, 0) is 5.41 Å². The molecule has 4 rings (SSSR count). The Balaban J connectivity index is 1.92. The molecule has 0 fully saturated rings. The minimum atomic E-state index is 0.0559. The first-order chi connectivity index (χ1) is 11.8. The molecular weight excluding hydrogens is 300 g/mol. The molecule has 0 bridgehead atoms. The second-order valence-corrected chi connectivity index (χ2v) is 8.19. The van der Waals surface area contributed by atoms with Crippen molar-refractivity contribution in [3.63, 3.8) is 0 Å². The van der Waals surface area contributed by atoms with E-state index < -0.39 is 0 Å². The second-order valence-electron chi connectivity index (χ2n) is 8.19. The molecular formula is C25H26. The summed E-state index contributed by atoms with van der Waals surface area (Å²) in [5, 5.41) is 0. The zero-order valence-electron chi connectivity index (χ0n) is 16.1. The van der Waals surface area contributed by atoms with Crippen molar-refractivity contribution in [1.29, 1.82) is 0 Å². The lowest BCUT2D eigenvalue weighted by atomic mass is 9.81. The summed E-state index contributed by atoms with van der Waals surface area (Å²) < 4.78 is 0. The predicted molar refractivity (Wildman–Crippen MR) is 108 cm³/mol. The Morgan fingerprint density at radius 3 is 1.88 bits per heavy atom. The molecule has 0 N–H and O–H groups in total. The Morgan fingerprint density at radius 1 is 0.560 bits per heavy atom. The van der Waals surface area contributed by atoms with Crippen LogP contribution in [0.15, 0.2) is 48.5 Å². The summed E-state index contributed by atoms with van der Waals surface area (Å²) in [7, 11) is 0. The van der Waals surface area contributed by atoms with E-state index in [0.29, 0.717) is 0 Å². The van der Waals surface area contributed by atoms with Crippen LogP contribution in [0, 0.1) is 27.7 Å². The van der Waals surface area contributed by atoms with Crippen molar-refractivity contribution in [2.45, 2.75) is 47.0 Å². The van der Waals surface area contributed by atoms with Gasteiger partial charge in [0.15, 0.2) is 0 Å². The van der Waals surface area contributed by atoms with E-state index in [9.17, 15) is 0 Å². The summed E-state index contributed by atoms with van der Waals surface area (Å²) >= 11 is 0. The van der Waals surface area contributed by atoms with E-state index >= 15 is 0 Å². The molecule has 1 aliphatic rings. The molecule has 0 aromatic heterocycles. The smallest absolute Gasteiger partial charge is 0.0159 e. The Hall–Kier alpha value is -2.34. The molecule has 0 nitrogen and oxygen atoms in total. The normalized spacial score (nSPS) is 14.3. The van der Waals surface area contributed by atoms with E-state index in [1.54, 1.807) is 0 Å². The summed E-state index contributed by atoms with van der Waals surface area (Å²) in [4.78, 5) is 0. The fourth-order valence-electron chi connectivity index (χ4n) is 4.29. The molecule has 0 aliphatic heterocycles. The third-order valence-electron chi connectivity index (χ3n) is 5.98. The van der Waals surface area contributed by atoms with Crippen molar-refractivity contribution in [2.24, 2.45) is 0 Å². The van der Waals surface area contributed by atoms with Gasteiger partial charge in [-0.1, -0.05) is 61.9 Å². The quantitative estimate of drug-likeness (QED) is 0.456.